The highest BCUT2D eigenvalue weighted by atomic mass is 16.5. The summed E-state index contributed by atoms with van der Waals surface area (Å²) in [4.78, 5) is 11.9. The number of morpholine rings is 1. The van der Waals surface area contributed by atoms with E-state index in [1.807, 2.05) is 25.1 Å². The van der Waals surface area contributed by atoms with E-state index in [9.17, 15) is 4.79 Å². The Hall–Kier alpha value is -1.59. The summed E-state index contributed by atoms with van der Waals surface area (Å²) in [6.07, 6.45) is 0. The number of aryl methyl sites for hydroxylation is 1. The molecule has 1 unspecified atom stereocenters. The molecule has 5 nitrogen and oxygen atoms in total. The third kappa shape index (κ3) is 3.68. The van der Waals surface area contributed by atoms with Crippen LogP contribution >= 0.6 is 0 Å². The van der Waals surface area contributed by atoms with Crippen LogP contribution < -0.4 is 15.4 Å². The van der Waals surface area contributed by atoms with E-state index < -0.39 is 0 Å². The van der Waals surface area contributed by atoms with Crippen molar-refractivity contribution in [2.45, 2.75) is 19.5 Å². The highest BCUT2D eigenvalue weighted by Crippen LogP contribution is 2.18. The number of ether oxygens (including phenoxy) is 2. The van der Waals surface area contributed by atoms with Gasteiger partial charge in [-0.15, -0.1) is 0 Å². The summed E-state index contributed by atoms with van der Waals surface area (Å²) in [5.74, 6) is 0.810. The predicted molar refractivity (Wildman–Crippen MR) is 72.2 cm³/mol. The summed E-state index contributed by atoms with van der Waals surface area (Å²) < 4.78 is 10.5. The Balaban J connectivity index is 1.89. The molecule has 2 N–H and O–H groups in total. The Morgan fingerprint density at radius 3 is 3.11 bits per heavy atom. The zero-order chi connectivity index (χ0) is 13.7. The third-order valence-corrected chi connectivity index (χ3v) is 3.18. The summed E-state index contributed by atoms with van der Waals surface area (Å²) in [6, 6.07) is 5.67. The molecule has 1 saturated heterocycles. The number of rotatable bonds is 4. The first-order valence-corrected chi connectivity index (χ1v) is 6.43. The van der Waals surface area contributed by atoms with Crippen LogP contribution in [0.2, 0.25) is 0 Å². The second-order valence-corrected chi connectivity index (χ2v) is 4.60. The normalized spacial score (nSPS) is 18.9. The molecular formula is C14H20N2O3. The van der Waals surface area contributed by atoms with Gasteiger partial charge < -0.3 is 20.1 Å². The maximum absolute atomic E-state index is 11.9. The van der Waals surface area contributed by atoms with E-state index >= 15 is 0 Å². The van der Waals surface area contributed by atoms with E-state index in [-0.39, 0.29) is 11.9 Å². The lowest BCUT2D eigenvalue weighted by atomic mass is 10.1. The highest BCUT2D eigenvalue weighted by Gasteiger charge is 2.20. The largest absolute Gasteiger partial charge is 0.496 e. The lowest BCUT2D eigenvalue weighted by Crippen LogP contribution is -2.51. The molecule has 0 radical (unpaired) electrons. The first kappa shape index (κ1) is 13.8. The zero-order valence-corrected chi connectivity index (χ0v) is 11.4. The number of carbonyl (C=O) groups excluding carboxylic acids is 1. The van der Waals surface area contributed by atoms with Crippen molar-refractivity contribution >= 4 is 5.91 Å². The number of methoxy groups -OCH3 is 1. The van der Waals surface area contributed by atoms with Crippen molar-refractivity contribution in [1.82, 2.24) is 10.6 Å². The molecule has 0 aromatic heterocycles. The monoisotopic (exact) mass is 264 g/mol. The van der Waals surface area contributed by atoms with E-state index in [1.54, 1.807) is 7.11 Å². The minimum Gasteiger partial charge on any atom is -0.496 e. The van der Waals surface area contributed by atoms with Crippen LogP contribution in [0.3, 0.4) is 0 Å². The molecule has 1 aliphatic heterocycles. The standard InChI is InChI=1S/C14H20N2O3/c1-10-3-4-11(7-13(10)18-2)8-16-14(17)12-9-19-6-5-15-12/h3-4,7,12,15H,5-6,8-9H2,1-2H3,(H,16,17). The molecule has 0 spiro atoms. The molecule has 1 fully saturated rings. The number of benzene rings is 1. The maximum atomic E-state index is 11.9. The maximum Gasteiger partial charge on any atom is 0.239 e. The van der Waals surface area contributed by atoms with Crippen molar-refractivity contribution in [1.29, 1.82) is 0 Å². The Morgan fingerprint density at radius 2 is 2.42 bits per heavy atom. The molecule has 1 aromatic rings. The molecule has 1 atom stereocenters. The van der Waals surface area contributed by atoms with E-state index in [0.29, 0.717) is 19.8 Å². The molecule has 19 heavy (non-hydrogen) atoms. The molecule has 1 aromatic carbocycles. The van der Waals surface area contributed by atoms with Gasteiger partial charge >= 0.3 is 0 Å². The summed E-state index contributed by atoms with van der Waals surface area (Å²) in [5.41, 5.74) is 2.10. The summed E-state index contributed by atoms with van der Waals surface area (Å²) in [7, 11) is 1.65. The van der Waals surface area contributed by atoms with Gasteiger partial charge in [0.15, 0.2) is 0 Å². The van der Waals surface area contributed by atoms with Crippen molar-refractivity contribution in [3.05, 3.63) is 29.3 Å². The average molecular weight is 264 g/mol. The van der Waals surface area contributed by atoms with Gasteiger partial charge in [-0.05, 0) is 24.1 Å². The van der Waals surface area contributed by atoms with Crippen molar-refractivity contribution in [2.75, 3.05) is 26.9 Å². The highest BCUT2D eigenvalue weighted by molar-refractivity contribution is 5.81. The number of amides is 1. The summed E-state index contributed by atoms with van der Waals surface area (Å²) in [6.45, 7) is 4.30. The van der Waals surface area contributed by atoms with Crippen LogP contribution in [-0.2, 0) is 16.1 Å². The van der Waals surface area contributed by atoms with Crippen LogP contribution in [0, 0.1) is 6.92 Å². The van der Waals surface area contributed by atoms with Gasteiger partial charge in [0.1, 0.15) is 11.8 Å². The fraction of sp³-hybridized carbons (Fsp3) is 0.500. The predicted octanol–water partition coefficient (Wildman–Crippen LogP) is 0.608. The second kappa shape index (κ2) is 6.54. The van der Waals surface area contributed by atoms with E-state index in [0.717, 1.165) is 23.4 Å². The fourth-order valence-corrected chi connectivity index (χ4v) is 2.02. The molecule has 5 heteroatoms. The lowest BCUT2D eigenvalue weighted by Gasteiger charge is -2.22. The van der Waals surface area contributed by atoms with Crippen LogP contribution in [0.25, 0.3) is 0 Å². The minimum absolute atomic E-state index is 0.0285. The van der Waals surface area contributed by atoms with Crippen LogP contribution in [0.4, 0.5) is 0 Å². The fourth-order valence-electron chi connectivity index (χ4n) is 2.02. The average Bonchev–Trinajstić information content (AvgIpc) is 2.47. The molecular weight excluding hydrogens is 244 g/mol. The van der Waals surface area contributed by atoms with Crippen LogP contribution in [0.15, 0.2) is 18.2 Å². The van der Waals surface area contributed by atoms with Crippen molar-refractivity contribution in [3.63, 3.8) is 0 Å². The Kier molecular flexibility index (Phi) is 4.76. The van der Waals surface area contributed by atoms with E-state index in [1.165, 1.54) is 0 Å². The van der Waals surface area contributed by atoms with Crippen LogP contribution in [0.5, 0.6) is 5.75 Å². The number of nitrogens with one attached hydrogen (secondary N) is 2. The third-order valence-electron chi connectivity index (χ3n) is 3.18. The van der Waals surface area contributed by atoms with Gasteiger partial charge in [-0.25, -0.2) is 0 Å². The molecule has 104 valence electrons. The van der Waals surface area contributed by atoms with Crippen molar-refractivity contribution in [2.24, 2.45) is 0 Å². The smallest absolute Gasteiger partial charge is 0.239 e. The van der Waals surface area contributed by atoms with Gasteiger partial charge in [-0.2, -0.15) is 0 Å². The number of hydrogen-bond donors (Lipinski definition) is 2. The van der Waals surface area contributed by atoms with Crippen molar-refractivity contribution in [3.8, 4) is 5.75 Å². The summed E-state index contributed by atoms with van der Waals surface area (Å²) in [5, 5.41) is 6.03. The number of hydrogen-bond acceptors (Lipinski definition) is 4. The Bertz CT molecular complexity index is 442. The van der Waals surface area contributed by atoms with Crippen LogP contribution in [0.1, 0.15) is 11.1 Å². The molecule has 1 aliphatic rings. The van der Waals surface area contributed by atoms with Gasteiger partial charge in [-0.3, -0.25) is 4.79 Å². The molecule has 1 amide bonds. The zero-order valence-electron chi connectivity index (χ0n) is 11.4. The van der Waals surface area contributed by atoms with E-state index in [2.05, 4.69) is 10.6 Å². The topological polar surface area (TPSA) is 59.6 Å². The molecule has 0 bridgehead atoms. The molecule has 1 heterocycles. The van der Waals surface area contributed by atoms with Gasteiger partial charge in [0.05, 0.1) is 20.3 Å². The Morgan fingerprint density at radius 1 is 1.58 bits per heavy atom. The van der Waals surface area contributed by atoms with Crippen molar-refractivity contribution < 1.29 is 14.3 Å². The summed E-state index contributed by atoms with van der Waals surface area (Å²) >= 11 is 0. The van der Waals surface area contributed by atoms with Gasteiger partial charge in [0, 0.05) is 13.1 Å². The van der Waals surface area contributed by atoms with E-state index in [4.69, 9.17) is 9.47 Å². The molecule has 2 rings (SSSR count). The SMILES string of the molecule is COc1cc(CNC(=O)C2COCCN2)ccc1C. The Labute approximate surface area is 113 Å². The molecule has 0 saturated carbocycles. The first-order chi connectivity index (χ1) is 9.20. The quantitative estimate of drug-likeness (QED) is 0.836. The van der Waals surface area contributed by atoms with Gasteiger partial charge in [-0.1, -0.05) is 12.1 Å². The number of carbonyl (C=O) groups is 1. The van der Waals surface area contributed by atoms with Gasteiger partial charge in [0.25, 0.3) is 0 Å². The first-order valence-electron chi connectivity index (χ1n) is 6.43. The molecule has 0 aliphatic carbocycles. The van der Waals surface area contributed by atoms with Gasteiger partial charge in [0.2, 0.25) is 5.91 Å². The minimum atomic E-state index is -0.249. The lowest BCUT2D eigenvalue weighted by molar-refractivity contribution is -0.126. The second-order valence-electron chi connectivity index (χ2n) is 4.60. The van der Waals surface area contributed by atoms with Crippen LogP contribution in [-0.4, -0.2) is 38.8 Å².